The maximum atomic E-state index is 11.8. The van der Waals surface area contributed by atoms with E-state index < -0.39 is 11.9 Å². The first-order valence-corrected chi connectivity index (χ1v) is 8.03. The average Bonchev–Trinajstić information content (AvgIpc) is 2.97. The Kier molecular flexibility index (Phi) is 6.66. The van der Waals surface area contributed by atoms with Crippen LogP contribution in [0.2, 0.25) is 0 Å². The third kappa shape index (κ3) is 5.40. The van der Waals surface area contributed by atoms with Crippen LogP contribution < -0.4 is 0 Å². The van der Waals surface area contributed by atoms with Crippen molar-refractivity contribution >= 4 is 17.9 Å². The van der Waals surface area contributed by atoms with Crippen molar-refractivity contribution < 1.29 is 29.3 Å². The minimum Gasteiger partial charge on any atom is -0.478 e. The molecule has 6 heteroatoms. The van der Waals surface area contributed by atoms with Crippen molar-refractivity contribution in [2.24, 2.45) is 0 Å². The molecule has 6 nitrogen and oxygen atoms in total. The van der Waals surface area contributed by atoms with Crippen molar-refractivity contribution in [3.8, 4) is 0 Å². The lowest BCUT2D eigenvalue weighted by atomic mass is 9.86. The number of benzene rings is 2. The maximum Gasteiger partial charge on any atom is 0.334 e. The highest BCUT2D eigenvalue weighted by atomic mass is 16.6. The molecule has 3 rings (SSSR count). The second-order valence-corrected chi connectivity index (χ2v) is 5.66. The molecule has 0 aliphatic carbocycles. The molecule has 0 amide bonds. The van der Waals surface area contributed by atoms with E-state index in [1.807, 2.05) is 60.7 Å². The molecule has 1 aliphatic heterocycles. The monoisotopic (exact) mass is 366 g/mol. The van der Waals surface area contributed by atoms with E-state index in [1.165, 1.54) is 0 Å². The second-order valence-electron chi connectivity index (χ2n) is 5.66. The Morgan fingerprint density at radius 3 is 1.74 bits per heavy atom. The number of cyclic esters (lactones) is 1. The summed E-state index contributed by atoms with van der Waals surface area (Å²) in [7, 11) is 0. The average molecular weight is 366 g/mol. The van der Waals surface area contributed by atoms with Crippen LogP contribution in [0.1, 0.15) is 23.1 Å². The number of ether oxygens (including phenoxy) is 1. The standard InChI is InChI=1S/C17H14O2.C4H4O4/c1-12-15(13-8-4-2-5-9-13)16(19-17(12)18)14-10-6-3-7-11-14;5-3(6)1-2-4(7)8/h2-11,15-16H,1H2;1-2H,(H,5,6)(H,7,8)/b;2-1+/t15-,16+;/m0./s1. The normalized spacial score (nSPS) is 18.5. The SMILES string of the molecule is C=C1C(=O)O[C@H](c2ccccc2)[C@@H]1c1ccccc1.O=C(O)/C=C/C(=O)O. The fourth-order valence-corrected chi connectivity index (χ4v) is 2.65. The highest BCUT2D eigenvalue weighted by Gasteiger charge is 2.40. The molecule has 0 bridgehead atoms. The van der Waals surface area contributed by atoms with E-state index in [-0.39, 0.29) is 18.0 Å². The summed E-state index contributed by atoms with van der Waals surface area (Å²) in [5.41, 5.74) is 2.59. The van der Waals surface area contributed by atoms with Crippen LogP contribution in [-0.2, 0) is 19.1 Å². The number of carboxylic acid groups (broad SMARTS) is 2. The highest BCUT2D eigenvalue weighted by molar-refractivity contribution is 5.92. The van der Waals surface area contributed by atoms with E-state index in [1.54, 1.807) is 0 Å². The van der Waals surface area contributed by atoms with Gasteiger partial charge in [-0.05, 0) is 11.1 Å². The Morgan fingerprint density at radius 2 is 1.30 bits per heavy atom. The zero-order valence-corrected chi connectivity index (χ0v) is 14.3. The van der Waals surface area contributed by atoms with Gasteiger partial charge in [0.2, 0.25) is 0 Å². The third-order valence-electron chi connectivity index (χ3n) is 3.83. The fraction of sp³-hybridized carbons (Fsp3) is 0.0952. The molecule has 1 fully saturated rings. The molecule has 0 saturated carbocycles. The predicted molar refractivity (Wildman–Crippen MR) is 98.0 cm³/mol. The second kappa shape index (κ2) is 9.15. The molecule has 1 heterocycles. The minimum atomic E-state index is -1.26. The summed E-state index contributed by atoms with van der Waals surface area (Å²) in [4.78, 5) is 30.9. The summed E-state index contributed by atoms with van der Waals surface area (Å²) in [6.07, 6.45) is 0.841. The first-order chi connectivity index (χ1) is 12.9. The number of hydrogen-bond donors (Lipinski definition) is 2. The maximum absolute atomic E-state index is 11.8. The van der Waals surface area contributed by atoms with Crippen molar-refractivity contribution in [2.45, 2.75) is 12.0 Å². The van der Waals surface area contributed by atoms with Gasteiger partial charge in [-0.2, -0.15) is 0 Å². The van der Waals surface area contributed by atoms with Crippen LogP contribution in [-0.4, -0.2) is 28.1 Å². The van der Waals surface area contributed by atoms with E-state index in [2.05, 4.69) is 6.58 Å². The molecule has 27 heavy (non-hydrogen) atoms. The lowest BCUT2D eigenvalue weighted by Gasteiger charge is -2.18. The minimum absolute atomic E-state index is 0.101. The molecule has 2 aromatic carbocycles. The molecular formula is C21H18O6. The Morgan fingerprint density at radius 1 is 0.852 bits per heavy atom. The summed E-state index contributed by atoms with van der Waals surface area (Å²) in [6, 6.07) is 19.7. The van der Waals surface area contributed by atoms with Crippen molar-refractivity contribution in [3.05, 3.63) is 96.1 Å². The van der Waals surface area contributed by atoms with Crippen molar-refractivity contribution in [3.63, 3.8) is 0 Å². The Bertz CT molecular complexity index is 839. The summed E-state index contributed by atoms with van der Waals surface area (Å²) >= 11 is 0. The van der Waals surface area contributed by atoms with Gasteiger partial charge in [0.25, 0.3) is 0 Å². The van der Waals surface area contributed by atoms with Crippen LogP contribution in [0.15, 0.2) is 85.0 Å². The van der Waals surface area contributed by atoms with Gasteiger partial charge in [-0.15, -0.1) is 0 Å². The summed E-state index contributed by atoms with van der Waals surface area (Å²) in [5.74, 6) is -2.92. The zero-order valence-electron chi connectivity index (χ0n) is 14.3. The number of carboxylic acids is 2. The van der Waals surface area contributed by atoms with Gasteiger partial charge in [0.05, 0.1) is 5.92 Å². The van der Waals surface area contributed by atoms with E-state index in [9.17, 15) is 14.4 Å². The highest BCUT2D eigenvalue weighted by Crippen LogP contribution is 2.44. The summed E-state index contributed by atoms with van der Waals surface area (Å²) in [5, 5.41) is 15.6. The van der Waals surface area contributed by atoms with Crippen LogP contribution in [0.5, 0.6) is 0 Å². The van der Waals surface area contributed by atoms with Gasteiger partial charge in [0.15, 0.2) is 0 Å². The summed E-state index contributed by atoms with van der Waals surface area (Å²) < 4.78 is 5.49. The Hall–Kier alpha value is -3.67. The van der Waals surface area contributed by atoms with Gasteiger partial charge in [-0.1, -0.05) is 67.2 Å². The first kappa shape index (κ1) is 19.7. The van der Waals surface area contributed by atoms with E-state index in [0.29, 0.717) is 17.7 Å². The number of hydrogen-bond acceptors (Lipinski definition) is 4. The van der Waals surface area contributed by atoms with Gasteiger partial charge < -0.3 is 14.9 Å². The zero-order chi connectivity index (χ0) is 19.8. The lowest BCUT2D eigenvalue weighted by molar-refractivity contribution is -0.139. The fourth-order valence-electron chi connectivity index (χ4n) is 2.65. The molecule has 1 saturated heterocycles. The van der Waals surface area contributed by atoms with E-state index in [4.69, 9.17) is 14.9 Å². The van der Waals surface area contributed by atoms with Gasteiger partial charge in [0.1, 0.15) is 6.10 Å². The largest absolute Gasteiger partial charge is 0.478 e. The third-order valence-corrected chi connectivity index (χ3v) is 3.83. The quantitative estimate of drug-likeness (QED) is 0.636. The van der Waals surface area contributed by atoms with Crippen LogP contribution in [0, 0.1) is 0 Å². The molecule has 0 spiro atoms. The van der Waals surface area contributed by atoms with E-state index >= 15 is 0 Å². The van der Waals surface area contributed by atoms with Gasteiger partial charge in [-0.3, -0.25) is 0 Å². The number of rotatable bonds is 4. The Balaban J connectivity index is 0.000000279. The van der Waals surface area contributed by atoms with Gasteiger partial charge in [0, 0.05) is 17.7 Å². The molecule has 0 unspecified atom stereocenters. The van der Waals surface area contributed by atoms with Gasteiger partial charge >= 0.3 is 17.9 Å². The van der Waals surface area contributed by atoms with E-state index in [0.717, 1.165) is 11.1 Å². The molecule has 0 radical (unpaired) electrons. The first-order valence-electron chi connectivity index (χ1n) is 8.03. The van der Waals surface area contributed by atoms with Crippen LogP contribution >= 0.6 is 0 Å². The summed E-state index contributed by atoms with van der Waals surface area (Å²) in [6.45, 7) is 3.89. The number of aliphatic carboxylic acids is 2. The van der Waals surface area contributed by atoms with Crippen molar-refractivity contribution in [1.29, 1.82) is 0 Å². The molecule has 1 aliphatic rings. The van der Waals surface area contributed by atoms with Crippen molar-refractivity contribution in [1.82, 2.24) is 0 Å². The van der Waals surface area contributed by atoms with Crippen LogP contribution in [0.25, 0.3) is 0 Å². The lowest BCUT2D eigenvalue weighted by Crippen LogP contribution is -2.06. The molecule has 0 aromatic heterocycles. The predicted octanol–water partition coefficient (Wildman–Crippen LogP) is 3.34. The van der Waals surface area contributed by atoms with Crippen LogP contribution in [0.4, 0.5) is 0 Å². The van der Waals surface area contributed by atoms with Crippen LogP contribution in [0.3, 0.4) is 0 Å². The number of esters is 1. The topological polar surface area (TPSA) is 101 Å². The molecule has 2 N–H and O–H groups in total. The number of carbonyl (C=O) groups is 3. The molecule has 2 atom stereocenters. The molecule has 2 aromatic rings. The Labute approximate surface area is 156 Å². The smallest absolute Gasteiger partial charge is 0.334 e. The molecular weight excluding hydrogens is 348 g/mol. The number of carbonyl (C=O) groups excluding carboxylic acids is 1. The molecule has 138 valence electrons. The van der Waals surface area contributed by atoms with Crippen molar-refractivity contribution in [2.75, 3.05) is 0 Å². The van der Waals surface area contributed by atoms with Gasteiger partial charge in [-0.25, -0.2) is 14.4 Å².